The summed E-state index contributed by atoms with van der Waals surface area (Å²) in [5.41, 5.74) is 2.30. The normalized spacial score (nSPS) is 14.3. The Morgan fingerprint density at radius 2 is 1.65 bits per heavy atom. The molecule has 2 aromatic carbocycles. The fourth-order valence-corrected chi connectivity index (χ4v) is 4.03. The second-order valence-corrected chi connectivity index (χ2v) is 8.01. The molecular weight excluding hydrogens is 387 g/mol. The van der Waals surface area contributed by atoms with Crippen LogP contribution in [0.5, 0.6) is 0 Å². The fourth-order valence-electron chi connectivity index (χ4n) is 4.03. The number of carboxylic acid groups (broad SMARTS) is 1. The molecule has 1 aliphatic rings. The Balaban J connectivity index is 0.00000272. The first-order valence-electron chi connectivity index (χ1n) is 9.67. The first kappa shape index (κ1) is 22.6. The Labute approximate surface area is 192 Å². The van der Waals surface area contributed by atoms with Crippen molar-refractivity contribution < 1.29 is 38.4 Å². The third-order valence-corrected chi connectivity index (χ3v) is 5.77. The van der Waals surface area contributed by atoms with E-state index in [-0.39, 0.29) is 36.4 Å². The molecule has 0 fully saturated rings. The average Bonchev–Trinajstić information content (AvgIpc) is 3.23. The molecule has 4 rings (SSSR count). The van der Waals surface area contributed by atoms with E-state index in [1.165, 1.54) is 12.1 Å². The van der Waals surface area contributed by atoms with Gasteiger partial charge in [0.1, 0.15) is 0 Å². The number of para-hydroxylation sites is 1. The van der Waals surface area contributed by atoms with Crippen LogP contribution in [0.2, 0.25) is 0 Å². The standard InChI is InChI=1S/C24H22N2O4.Li/c1-4-24(2,3)20-17(14-9-7-8-12-18(14)25-20)13-19(23(29)30)26-21(27)15-10-5-6-11-16(15)22(26)28;/h4-12,19,25H,1,13H2,2-3H3,(H,29,30);/q;+1/p-1/t19-;/m0./s1. The summed E-state index contributed by atoms with van der Waals surface area (Å²) in [7, 11) is 0. The molecule has 0 aliphatic carbocycles. The van der Waals surface area contributed by atoms with Crippen LogP contribution in [0.15, 0.2) is 61.2 Å². The Hall–Kier alpha value is -3.07. The number of amides is 2. The summed E-state index contributed by atoms with van der Waals surface area (Å²) in [4.78, 5) is 42.0. The predicted molar refractivity (Wildman–Crippen MR) is 111 cm³/mol. The summed E-state index contributed by atoms with van der Waals surface area (Å²) in [5, 5.41) is 13.0. The minimum Gasteiger partial charge on any atom is -0.548 e. The van der Waals surface area contributed by atoms with Crippen LogP contribution < -0.4 is 24.0 Å². The van der Waals surface area contributed by atoms with Gasteiger partial charge in [0.2, 0.25) is 0 Å². The van der Waals surface area contributed by atoms with E-state index in [1.807, 2.05) is 38.1 Å². The fraction of sp³-hybridized carbons (Fsp3) is 0.208. The molecule has 0 saturated carbocycles. The number of imide groups is 1. The molecule has 1 N–H and O–H groups in total. The van der Waals surface area contributed by atoms with Crippen molar-refractivity contribution in [2.24, 2.45) is 0 Å². The van der Waals surface area contributed by atoms with E-state index >= 15 is 0 Å². The Bertz CT molecular complexity index is 1180. The molecule has 0 saturated heterocycles. The van der Waals surface area contributed by atoms with E-state index in [0.717, 1.165) is 27.1 Å². The van der Waals surface area contributed by atoms with Crippen molar-refractivity contribution in [1.82, 2.24) is 9.88 Å². The van der Waals surface area contributed by atoms with Gasteiger partial charge in [-0.2, -0.15) is 0 Å². The van der Waals surface area contributed by atoms with Gasteiger partial charge in [-0.25, -0.2) is 0 Å². The maximum Gasteiger partial charge on any atom is 1.00 e. The van der Waals surface area contributed by atoms with Crippen molar-refractivity contribution >= 4 is 28.7 Å². The zero-order valence-corrected chi connectivity index (χ0v) is 17.8. The summed E-state index contributed by atoms with van der Waals surface area (Å²) in [6.45, 7) is 7.82. The number of benzene rings is 2. The maximum absolute atomic E-state index is 12.9. The third kappa shape index (κ3) is 3.63. The molecule has 0 bridgehead atoms. The van der Waals surface area contributed by atoms with Gasteiger partial charge in [-0.15, -0.1) is 6.58 Å². The second kappa shape index (κ2) is 8.22. The van der Waals surface area contributed by atoms with Crippen molar-refractivity contribution in [1.29, 1.82) is 0 Å². The molecule has 152 valence electrons. The average molecular weight is 408 g/mol. The summed E-state index contributed by atoms with van der Waals surface area (Å²) < 4.78 is 0. The van der Waals surface area contributed by atoms with Crippen molar-refractivity contribution in [3.8, 4) is 0 Å². The molecule has 0 spiro atoms. The number of carbonyl (C=O) groups excluding carboxylic acids is 3. The zero-order valence-electron chi connectivity index (χ0n) is 17.8. The summed E-state index contributed by atoms with van der Waals surface area (Å²) in [6.07, 6.45) is 1.71. The number of nitrogens with one attached hydrogen (secondary N) is 1. The van der Waals surface area contributed by atoms with Gasteiger partial charge < -0.3 is 14.9 Å². The van der Waals surface area contributed by atoms with Crippen molar-refractivity contribution in [2.45, 2.75) is 31.7 Å². The van der Waals surface area contributed by atoms with E-state index in [0.29, 0.717) is 0 Å². The van der Waals surface area contributed by atoms with Gasteiger partial charge in [0, 0.05) is 28.4 Å². The van der Waals surface area contributed by atoms with Gasteiger partial charge in [0.15, 0.2) is 0 Å². The number of carboxylic acids is 1. The summed E-state index contributed by atoms with van der Waals surface area (Å²) in [6, 6.07) is 12.4. The minimum atomic E-state index is -1.47. The third-order valence-electron chi connectivity index (χ3n) is 5.77. The predicted octanol–water partition coefficient (Wildman–Crippen LogP) is -0.407. The molecule has 0 unspecified atom stereocenters. The number of nitrogens with zero attached hydrogens (tertiary/aromatic N) is 1. The largest absolute Gasteiger partial charge is 1.00 e. The molecule has 1 aromatic heterocycles. The van der Waals surface area contributed by atoms with Gasteiger partial charge in [-0.1, -0.05) is 50.3 Å². The molecule has 31 heavy (non-hydrogen) atoms. The van der Waals surface area contributed by atoms with Crippen molar-refractivity contribution in [3.05, 3.63) is 83.6 Å². The molecule has 2 amide bonds. The summed E-state index contributed by atoms with van der Waals surface area (Å²) >= 11 is 0. The summed E-state index contributed by atoms with van der Waals surface area (Å²) in [5.74, 6) is -2.71. The smallest absolute Gasteiger partial charge is 0.548 e. The monoisotopic (exact) mass is 408 g/mol. The van der Waals surface area contributed by atoms with Crippen LogP contribution in [0.3, 0.4) is 0 Å². The van der Waals surface area contributed by atoms with Crippen LogP contribution in [-0.2, 0) is 16.6 Å². The number of H-pyrrole nitrogens is 1. The van der Waals surface area contributed by atoms with E-state index in [9.17, 15) is 19.5 Å². The van der Waals surface area contributed by atoms with Crippen LogP contribution in [-0.4, -0.2) is 33.7 Å². The first-order valence-corrected chi connectivity index (χ1v) is 9.67. The van der Waals surface area contributed by atoms with E-state index in [4.69, 9.17) is 0 Å². The molecule has 1 aliphatic heterocycles. The number of aromatic amines is 1. The molecule has 7 heteroatoms. The number of allylic oxidation sites excluding steroid dienone is 1. The topological polar surface area (TPSA) is 93.3 Å². The van der Waals surface area contributed by atoms with Crippen molar-refractivity contribution in [2.75, 3.05) is 0 Å². The molecular formula is C24H21LiN2O4. The number of carbonyl (C=O) groups is 3. The quantitative estimate of drug-likeness (QED) is 0.341. The van der Waals surface area contributed by atoms with Crippen LogP contribution in [0.1, 0.15) is 45.8 Å². The van der Waals surface area contributed by atoms with Crippen LogP contribution in [0.25, 0.3) is 10.9 Å². The van der Waals surface area contributed by atoms with Crippen LogP contribution in [0, 0.1) is 0 Å². The molecule has 0 radical (unpaired) electrons. The van der Waals surface area contributed by atoms with Crippen LogP contribution in [0.4, 0.5) is 0 Å². The van der Waals surface area contributed by atoms with Crippen molar-refractivity contribution in [3.63, 3.8) is 0 Å². The number of aromatic nitrogens is 1. The van der Waals surface area contributed by atoms with Gasteiger partial charge in [0.25, 0.3) is 11.8 Å². The molecule has 6 nitrogen and oxygen atoms in total. The number of aliphatic carboxylic acids is 1. The van der Waals surface area contributed by atoms with E-state index < -0.39 is 29.2 Å². The van der Waals surface area contributed by atoms with Gasteiger partial charge in [0.05, 0.1) is 23.1 Å². The molecule has 3 aromatic rings. The van der Waals surface area contributed by atoms with Gasteiger partial charge in [-0.05, 0) is 23.8 Å². The van der Waals surface area contributed by atoms with E-state index in [1.54, 1.807) is 18.2 Å². The van der Waals surface area contributed by atoms with Gasteiger partial charge >= 0.3 is 18.9 Å². The Morgan fingerprint density at radius 3 is 2.19 bits per heavy atom. The second-order valence-electron chi connectivity index (χ2n) is 8.01. The number of hydrogen-bond donors (Lipinski definition) is 1. The zero-order chi connectivity index (χ0) is 21.6. The number of fused-ring (bicyclic) bond motifs is 2. The number of hydrogen-bond acceptors (Lipinski definition) is 4. The number of rotatable bonds is 6. The SMILES string of the molecule is C=CC(C)(C)c1[nH]c2ccccc2c1C[C@@H](C(=O)[O-])N1C(=O)c2ccccc2C1=O.[Li+]. The molecule has 2 heterocycles. The van der Waals surface area contributed by atoms with Gasteiger partial charge in [-0.3, -0.25) is 14.5 Å². The Kier molecular flexibility index (Phi) is 5.99. The first-order chi connectivity index (χ1) is 14.3. The molecule has 1 atom stereocenters. The van der Waals surface area contributed by atoms with Crippen LogP contribution >= 0.6 is 0 Å². The minimum absolute atomic E-state index is 0. The van der Waals surface area contributed by atoms with E-state index in [2.05, 4.69) is 11.6 Å². The Morgan fingerprint density at radius 1 is 1.10 bits per heavy atom. The maximum atomic E-state index is 12.9.